The molecule has 0 spiro atoms. The Hall–Kier alpha value is -1.08. The maximum Gasteiger partial charge on any atom is 0.0618 e. The summed E-state index contributed by atoms with van der Waals surface area (Å²) in [6.45, 7) is 6.47. The predicted molar refractivity (Wildman–Crippen MR) is 61.1 cm³/mol. The van der Waals surface area contributed by atoms with Crippen molar-refractivity contribution in [3.63, 3.8) is 0 Å². The molecule has 0 atom stereocenters. The van der Waals surface area contributed by atoms with E-state index in [1.165, 1.54) is 16.7 Å². The average Bonchev–Trinajstić information content (AvgIpc) is 2.15. The molecule has 0 radical (unpaired) electrons. The van der Waals surface area contributed by atoms with Crippen LogP contribution in [0.5, 0.6) is 0 Å². The standard InChI is InChI=1S/C13H18O/c1-10(2)13(8-9-14)12-6-4-11(3)5-7-12/h4-8,10,14H,9H2,1-3H3/b13-8-. The molecule has 14 heavy (non-hydrogen) atoms. The Balaban J connectivity index is 3.00. The van der Waals surface area contributed by atoms with E-state index < -0.39 is 0 Å². The van der Waals surface area contributed by atoms with Crippen molar-refractivity contribution in [2.24, 2.45) is 5.92 Å². The van der Waals surface area contributed by atoms with Crippen molar-refractivity contribution in [2.75, 3.05) is 6.61 Å². The van der Waals surface area contributed by atoms with E-state index in [0.29, 0.717) is 5.92 Å². The third-order valence-electron chi connectivity index (χ3n) is 2.32. The molecule has 0 saturated carbocycles. The Morgan fingerprint density at radius 2 is 1.86 bits per heavy atom. The van der Waals surface area contributed by atoms with E-state index in [4.69, 9.17) is 5.11 Å². The number of hydrogen-bond acceptors (Lipinski definition) is 1. The molecule has 0 saturated heterocycles. The van der Waals surface area contributed by atoms with E-state index in [2.05, 4.69) is 45.0 Å². The van der Waals surface area contributed by atoms with Gasteiger partial charge in [0.15, 0.2) is 0 Å². The largest absolute Gasteiger partial charge is 0.392 e. The second-order valence-electron chi connectivity index (χ2n) is 3.86. The van der Waals surface area contributed by atoms with Crippen molar-refractivity contribution in [3.8, 4) is 0 Å². The summed E-state index contributed by atoms with van der Waals surface area (Å²) in [5.74, 6) is 0.449. The summed E-state index contributed by atoms with van der Waals surface area (Å²) < 4.78 is 0. The van der Waals surface area contributed by atoms with Gasteiger partial charge in [0.2, 0.25) is 0 Å². The van der Waals surface area contributed by atoms with E-state index in [-0.39, 0.29) is 6.61 Å². The zero-order chi connectivity index (χ0) is 10.6. The highest BCUT2D eigenvalue weighted by atomic mass is 16.2. The van der Waals surface area contributed by atoms with Crippen molar-refractivity contribution >= 4 is 5.57 Å². The number of aliphatic hydroxyl groups is 1. The van der Waals surface area contributed by atoms with Gasteiger partial charge >= 0.3 is 0 Å². The second kappa shape index (κ2) is 4.97. The van der Waals surface area contributed by atoms with Crippen LogP contribution in [-0.4, -0.2) is 11.7 Å². The first-order chi connectivity index (χ1) is 6.65. The molecule has 0 unspecified atom stereocenters. The minimum atomic E-state index is 0.112. The number of rotatable bonds is 3. The van der Waals surface area contributed by atoms with Crippen molar-refractivity contribution in [3.05, 3.63) is 41.5 Å². The molecule has 0 aromatic heterocycles. The first kappa shape index (κ1) is 11.0. The van der Waals surface area contributed by atoms with Crippen LogP contribution in [0.3, 0.4) is 0 Å². The highest BCUT2D eigenvalue weighted by molar-refractivity contribution is 5.67. The van der Waals surface area contributed by atoms with Gasteiger partial charge in [-0.3, -0.25) is 0 Å². The number of aliphatic hydroxyl groups excluding tert-OH is 1. The maximum absolute atomic E-state index is 8.93. The summed E-state index contributed by atoms with van der Waals surface area (Å²) in [6, 6.07) is 8.42. The van der Waals surface area contributed by atoms with Gasteiger partial charge in [0.25, 0.3) is 0 Å². The Morgan fingerprint density at radius 3 is 2.29 bits per heavy atom. The first-order valence-corrected chi connectivity index (χ1v) is 5.03. The summed E-state index contributed by atoms with van der Waals surface area (Å²) in [7, 11) is 0. The lowest BCUT2D eigenvalue weighted by Gasteiger charge is -2.11. The highest BCUT2D eigenvalue weighted by Gasteiger charge is 2.04. The third kappa shape index (κ3) is 2.71. The molecule has 1 rings (SSSR count). The molecular weight excluding hydrogens is 172 g/mol. The molecule has 1 aromatic rings. The van der Waals surface area contributed by atoms with Gasteiger partial charge in [-0.2, -0.15) is 0 Å². The lowest BCUT2D eigenvalue weighted by atomic mass is 9.94. The van der Waals surface area contributed by atoms with Gasteiger partial charge in [-0.1, -0.05) is 49.8 Å². The SMILES string of the molecule is Cc1ccc(/C(=C\CO)C(C)C)cc1. The molecule has 0 heterocycles. The minimum absolute atomic E-state index is 0.112. The summed E-state index contributed by atoms with van der Waals surface area (Å²) in [5.41, 5.74) is 3.69. The van der Waals surface area contributed by atoms with Crippen molar-refractivity contribution < 1.29 is 5.11 Å². The van der Waals surface area contributed by atoms with Crippen LogP contribution in [-0.2, 0) is 0 Å². The van der Waals surface area contributed by atoms with Crippen LogP contribution in [0.4, 0.5) is 0 Å². The Labute approximate surface area is 86.1 Å². The molecule has 76 valence electrons. The predicted octanol–water partition coefficient (Wildman–Crippen LogP) is 3.03. The summed E-state index contributed by atoms with van der Waals surface area (Å²) in [5, 5.41) is 8.93. The third-order valence-corrected chi connectivity index (χ3v) is 2.32. The Bertz CT molecular complexity index is 307. The Morgan fingerprint density at radius 1 is 1.29 bits per heavy atom. The topological polar surface area (TPSA) is 20.2 Å². The van der Waals surface area contributed by atoms with Crippen LogP contribution in [0.25, 0.3) is 5.57 Å². The van der Waals surface area contributed by atoms with Crippen molar-refractivity contribution in [2.45, 2.75) is 20.8 Å². The molecule has 0 fully saturated rings. The number of benzene rings is 1. The molecule has 0 aliphatic carbocycles. The molecule has 1 nitrogen and oxygen atoms in total. The van der Waals surface area contributed by atoms with Gasteiger partial charge in [-0.05, 0) is 24.0 Å². The molecule has 0 bridgehead atoms. The number of hydrogen-bond donors (Lipinski definition) is 1. The molecule has 1 heteroatoms. The second-order valence-corrected chi connectivity index (χ2v) is 3.86. The first-order valence-electron chi connectivity index (χ1n) is 5.03. The van der Waals surface area contributed by atoms with Gasteiger partial charge in [-0.25, -0.2) is 0 Å². The van der Waals surface area contributed by atoms with Crippen molar-refractivity contribution in [1.82, 2.24) is 0 Å². The smallest absolute Gasteiger partial charge is 0.0618 e. The molecule has 0 aliphatic heterocycles. The lowest BCUT2D eigenvalue weighted by Crippen LogP contribution is -1.95. The zero-order valence-corrected chi connectivity index (χ0v) is 9.12. The average molecular weight is 190 g/mol. The van der Waals surface area contributed by atoms with E-state index >= 15 is 0 Å². The van der Waals surface area contributed by atoms with Crippen molar-refractivity contribution in [1.29, 1.82) is 0 Å². The lowest BCUT2D eigenvalue weighted by molar-refractivity contribution is 0.342. The zero-order valence-electron chi connectivity index (χ0n) is 9.12. The van der Waals surface area contributed by atoms with E-state index in [1.54, 1.807) is 0 Å². The fourth-order valence-corrected chi connectivity index (χ4v) is 1.53. The minimum Gasteiger partial charge on any atom is -0.392 e. The van der Waals surface area contributed by atoms with Crippen LogP contribution in [0.1, 0.15) is 25.0 Å². The van der Waals surface area contributed by atoms with Crippen LogP contribution in [0, 0.1) is 12.8 Å². The molecule has 0 aliphatic rings. The van der Waals surface area contributed by atoms with Crippen LogP contribution in [0.2, 0.25) is 0 Å². The van der Waals surface area contributed by atoms with Gasteiger partial charge in [0.05, 0.1) is 6.61 Å². The molecule has 0 amide bonds. The van der Waals surface area contributed by atoms with Crippen LogP contribution in [0.15, 0.2) is 30.3 Å². The summed E-state index contributed by atoms with van der Waals surface area (Å²) in [4.78, 5) is 0. The monoisotopic (exact) mass is 190 g/mol. The number of aryl methyl sites for hydroxylation is 1. The molecule has 1 aromatic carbocycles. The highest BCUT2D eigenvalue weighted by Crippen LogP contribution is 2.22. The van der Waals surface area contributed by atoms with Gasteiger partial charge in [-0.15, -0.1) is 0 Å². The quantitative estimate of drug-likeness (QED) is 0.776. The Kier molecular flexibility index (Phi) is 3.90. The van der Waals surface area contributed by atoms with Gasteiger partial charge in [0, 0.05) is 0 Å². The van der Waals surface area contributed by atoms with E-state index in [0.717, 1.165) is 0 Å². The van der Waals surface area contributed by atoms with Crippen LogP contribution >= 0.6 is 0 Å². The van der Waals surface area contributed by atoms with Crippen LogP contribution < -0.4 is 0 Å². The summed E-state index contributed by atoms with van der Waals surface area (Å²) >= 11 is 0. The normalized spacial score (nSPS) is 12.2. The fraction of sp³-hybridized carbons (Fsp3) is 0.385. The van der Waals surface area contributed by atoms with Gasteiger partial charge < -0.3 is 5.11 Å². The summed E-state index contributed by atoms with van der Waals surface area (Å²) in [6.07, 6.45) is 1.88. The van der Waals surface area contributed by atoms with E-state index in [1.807, 2.05) is 6.08 Å². The fourth-order valence-electron chi connectivity index (χ4n) is 1.53. The number of allylic oxidation sites excluding steroid dienone is 1. The van der Waals surface area contributed by atoms with E-state index in [9.17, 15) is 0 Å². The molecule has 1 N–H and O–H groups in total. The van der Waals surface area contributed by atoms with Gasteiger partial charge in [0.1, 0.15) is 0 Å². The maximum atomic E-state index is 8.93. The molecular formula is C13H18O.